The number of likely N-dealkylation sites (N-methyl/N-ethyl adjacent to an activating group) is 1. The van der Waals surface area contributed by atoms with Crippen LogP contribution >= 0.6 is 11.6 Å². The second kappa shape index (κ2) is 12.6. The Hall–Kier alpha value is -3.36. The highest BCUT2D eigenvalue weighted by Crippen LogP contribution is 2.30. The molecule has 0 fully saturated rings. The smallest absolute Gasteiger partial charge is 0.264 e. The molecule has 2 amide bonds. The average Bonchev–Trinajstić information content (AvgIpc) is 2.90. The number of anilines is 1. The molecule has 3 rings (SSSR count). The molecular formula is C27H30ClN3O4S. The Bertz CT molecular complexity index is 1270. The molecule has 9 heteroatoms. The third kappa shape index (κ3) is 6.44. The molecule has 0 saturated heterocycles. The predicted molar refractivity (Wildman–Crippen MR) is 142 cm³/mol. The van der Waals surface area contributed by atoms with Gasteiger partial charge >= 0.3 is 0 Å². The molecule has 0 heterocycles. The number of sulfonamides is 1. The van der Waals surface area contributed by atoms with Crippen LogP contribution in [0.2, 0.25) is 5.02 Å². The second-order valence-corrected chi connectivity index (χ2v) is 10.4. The fourth-order valence-corrected chi connectivity index (χ4v) is 5.69. The van der Waals surface area contributed by atoms with Crippen LogP contribution in [0.4, 0.5) is 5.69 Å². The first-order chi connectivity index (χ1) is 17.3. The van der Waals surface area contributed by atoms with Gasteiger partial charge in [-0.25, -0.2) is 8.42 Å². The van der Waals surface area contributed by atoms with Gasteiger partial charge in [0.15, 0.2) is 0 Å². The van der Waals surface area contributed by atoms with E-state index < -0.39 is 28.5 Å². The largest absolute Gasteiger partial charge is 0.357 e. The van der Waals surface area contributed by atoms with E-state index in [1.54, 1.807) is 42.5 Å². The third-order valence-corrected chi connectivity index (χ3v) is 7.94. The van der Waals surface area contributed by atoms with Crippen LogP contribution in [0.25, 0.3) is 0 Å². The van der Waals surface area contributed by atoms with Crippen molar-refractivity contribution in [1.82, 2.24) is 10.2 Å². The molecule has 1 N–H and O–H groups in total. The quantitative estimate of drug-likeness (QED) is 0.406. The maximum atomic E-state index is 13.8. The number of halogens is 1. The molecule has 3 aromatic carbocycles. The van der Waals surface area contributed by atoms with Crippen LogP contribution in [-0.4, -0.2) is 51.3 Å². The minimum absolute atomic E-state index is 0.0342. The van der Waals surface area contributed by atoms with Gasteiger partial charge in [-0.15, -0.1) is 0 Å². The van der Waals surface area contributed by atoms with Crippen molar-refractivity contribution in [2.24, 2.45) is 0 Å². The minimum Gasteiger partial charge on any atom is -0.357 e. The maximum Gasteiger partial charge on any atom is 0.264 e. The lowest BCUT2D eigenvalue weighted by atomic mass is 10.1. The van der Waals surface area contributed by atoms with Gasteiger partial charge in [0, 0.05) is 13.6 Å². The van der Waals surface area contributed by atoms with Gasteiger partial charge < -0.3 is 10.2 Å². The number of rotatable bonds is 11. The van der Waals surface area contributed by atoms with E-state index >= 15 is 0 Å². The lowest BCUT2D eigenvalue weighted by Gasteiger charge is -2.33. The number of carbonyl (C=O) groups is 2. The van der Waals surface area contributed by atoms with Gasteiger partial charge in [0.1, 0.15) is 12.6 Å². The van der Waals surface area contributed by atoms with Gasteiger partial charge in [-0.3, -0.25) is 13.9 Å². The Morgan fingerprint density at radius 3 is 2.08 bits per heavy atom. The first kappa shape index (κ1) is 27.2. The van der Waals surface area contributed by atoms with Crippen molar-refractivity contribution in [3.05, 3.63) is 95.5 Å². The standard InChI is InChI=1S/C27H30ClN3O4S/c1-3-24(27(33)29-2)30(19-18-21-12-6-4-7-13-21)26(32)20-31(25-17-11-10-16-23(25)28)36(34,35)22-14-8-5-9-15-22/h4-17,24H,3,18-20H2,1-2H3,(H,29,33)/t24-/m1/s1. The SMILES string of the molecule is CC[C@H](C(=O)NC)N(CCc1ccccc1)C(=O)CN(c1ccccc1Cl)S(=O)(=O)c1ccccc1. The van der Waals surface area contributed by atoms with Crippen LogP contribution < -0.4 is 9.62 Å². The number of hydrogen-bond acceptors (Lipinski definition) is 4. The molecule has 0 aliphatic carbocycles. The van der Waals surface area contributed by atoms with Crippen LogP contribution in [-0.2, 0) is 26.0 Å². The Balaban J connectivity index is 2.00. The van der Waals surface area contributed by atoms with E-state index in [-0.39, 0.29) is 28.1 Å². The number of hydrogen-bond donors (Lipinski definition) is 1. The van der Waals surface area contributed by atoms with Gasteiger partial charge in [-0.2, -0.15) is 0 Å². The first-order valence-corrected chi connectivity index (χ1v) is 13.5. The molecule has 7 nitrogen and oxygen atoms in total. The molecule has 0 saturated carbocycles. The summed E-state index contributed by atoms with van der Waals surface area (Å²) >= 11 is 6.38. The van der Waals surface area contributed by atoms with Gasteiger partial charge in [-0.1, -0.05) is 79.2 Å². The molecular weight excluding hydrogens is 498 g/mol. The zero-order valence-electron chi connectivity index (χ0n) is 20.3. The zero-order chi connectivity index (χ0) is 26.1. The number of benzene rings is 3. The highest BCUT2D eigenvalue weighted by molar-refractivity contribution is 7.92. The van der Waals surface area contributed by atoms with E-state index in [2.05, 4.69) is 5.32 Å². The summed E-state index contributed by atoms with van der Waals surface area (Å²) in [4.78, 5) is 27.9. The van der Waals surface area contributed by atoms with Crippen molar-refractivity contribution < 1.29 is 18.0 Å². The van der Waals surface area contributed by atoms with E-state index in [0.29, 0.717) is 12.8 Å². The lowest BCUT2D eigenvalue weighted by molar-refractivity contribution is -0.139. The number of nitrogens with one attached hydrogen (secondary N) is 1. The van der Waals surface area contributed by atoms with Gasteiger partial charge in [-0.05, 0) is 42.7 Å². The molecule has 0 aromatic heterocycles. The Labute approximate surface area is 217 Å². The van der Waals surface area contributed by atoms with Crippen molar-refractivity contribution in [1.29, 1.82) is 0 Å². The summed E-state index contributed by atoms with van der Waals surface area (Å²) < 4.78 is 28.4. The maximum absolute atomic E-state index is 13.8. The van der Waals surface area contributed by atoms with E-state index in [1.807, 2.05) is 37.3 Å². The summed E-state index contributed by atoms with van der Waals surface area (Å²) in [5.41, 5.74) is 1.19. The second-order valence-electron chi connectivity index (χ2n) is 8.14. The molecule has 0 radical (unpaired) electrons. The normalized spacial score (nSPS) is 12.0. The number of carbonyl (C=O) groups excluding carboxylic acids is 2. The summed E-state index contributed by atoms with van der Waals surface area (Å²) in [6, 6.07) is 23.2. The molecule has 1 atom stereocenters. The predicted octanol–water partition coefficient (Wildman–Crippen LogP) is 4.13. The van der Waals surface area contributed by atoms with Crippen molar-refractivity contribution in [2.75, 3.05) is 24.4 Å². The lowest BCUT2D eigenvalue weighted by Crippen LogP contribution is -2.52. The van der Waals surface area contributed by atoms with E-state index in [0.717, 1.165) is 9.87 Å². The van der Waals surface area contributed by atoms with Crippen molar-refractivity contribution in [2.45, 2.75) is 30.7 Å². The van der Waals surface area contributed by atoms with Crippen molar-refractivity contribution in [3.63, 3.8) is 0 Å². The van der Waals surface area contributed by atoms with Crippen LogP contribution in [0.15, 0.2) is 89.8 Å². The van der Waals surface area contributed by atoms with E-state index in [4.69, 9.17) is 11.6 Å². The number of para-hydroxylation sites is 1. The number of amides is 2. The van der Waals surface area contributed by atoms with Crippen LogP contribution in [0.1, 0.15) is 18.9 Å². The fraction of sp³-hybridized carbons (Fsp3) is 0.259. The third-order valence-electron chi connectivity index (χ3n) is 5.85. The minimum atomic E-state index is -4.13. The topological polar surface area (TPSA) is 86.8 Å². The molecule has 36 heavy (non-hydrogen) atoms. The van der Waals surface area contributed by atoms with E-state index in [1.165, 1.54) is 24.1 Å². The number of nitrogens with zero attached hydrogens (tertiary/aromatic N) is 2. The first-order valence-electron chi connectivity index (χ1n) is 11.7. The zero-order valence-corrected chi connectivity index (χ0v) is 21.9. The Kier molecular flexibility index (Phi) is 9.50. The van der Waals surface area contributed by atoms with Crippen molar-refractivity contribution >= 4 is 39.1 Å². The van der Waals surface area contributed by atoms with Crippen LogP contribution in [0.5, 0.6) is 0 Å². The monoisotopic (exact) mass is 527 g/mol. The Morgan fingerprint density at radius 2 is 1.50 bits per heavy atom. The van der Waals surface area contributed by atoms with Gasteiger partial charge in [0.05, 0.1) is 15.6 Å². The molecule has 0 spiro atoms. The Morgan fingerprint density at radius 1 is 0.917 bits per heavy atom. The summed E-state index contributed by atoms with van der Waals surface area (Å²) in [7, 11) is -2.62. The van der Waals surface area contributed by atoms with Crippen LogP contribution in [0, 0.1) is 0 Å². The molecule has 190 valence electrons. The summed E-state index contributed by atoms with van der Waals surface area (Å²) in [6.45, 7) is 1.55. The summed E-state index contributed by atoms with van der Waals surface area (Å²) in [6.07, 6.45) is 0.884. The van der Waals surface area contributed by atoms with Crippen LogP contribution in [0.3, 0.4) is 0 Å². The molecule has 0 unspecified atom stereocenters. The van der Waals surface area contributed by atoms with E-state index in [9.17, 15) is 18.0 Å². The summed E-state index contributed by atoms with van der Waals surface area (Å²) in [5.74, 6) is -0.810. The molecule has 0 aliphatic heterocycles. The molecule has 0 bridgehead atoms. The van der Waals surface area contributed by atoms with Crippen molar-refractivity contribution in [3.8, 4) is 0 Å². The van der Waals surface area contributed by atoms with Gasteiger partial charge in [0.25, 0.3) is 10.0 Å². The molecule has 3 aromatic rings. The fourth-order valence-electron chi connectivity index (χ4n) is 3.95. The van der Waals surface area contributed by atoms with Gasteiger partial charge in [0.2, 0.25) is 11.8 Å². The molecule has 0 aliphatic rings. The highest BCUT2D eigenvalue weighted by Gasteiger charge is 2.33. The average molecular weight is 528 g/mol. The summed E-state index contributed by atoms with van der Waals surface area (Å²) in [5, 5.41) is 2.81. The highest BCUT2D eigenvalue weighted by atomic mass is 35.5.